The Hall–Kier alpha value is -2.59. The van der Waals surface area contributed by atoms with E-state index in [-0.39, 0.29) is 24.1 Å². The minimum Gasteiger partial charge on any atom is -0.488 e. The summed E-state index contributed by atoms with van der Waals surface area (Å²) in [5.41, 5.74) is 16.1. The van der Waals surface area contributed by atoms with Crippen LogP contribution in [0.4, 0.5) is 24.7 Å². The Morgan fingerprint density at radius 3 is 2.53 bits per heavy atom. The highest BCUT2D eigenvalue weighted by Crippen LogP contribution is 2.49. The van der Waals surface area contributed by atoms with Gasteiger partial charge in [0.1, 0.15) is 17.9 Å². The normalized spacial score (nSPS) is 21.5. The van der Waals surface area contributed by atoms with E-state index >= 15 is 0 Å². The fourth-order valence-corrected chi connectivity index (χ4v) is 5.13. The molecule has 1 aromatic heterocycles. The summed E-state index contributed by atoms with van der Waals surface area (Å²) in [7, 11) is 1.76. The molecule has 1 fully saturated rings. The van der Waals surface area contributed by atoms with Crippen LogP contribution in [0.5, 0.6) is 5.75 Å². The van der Waals surface area contributed by atoms with Gasteiger partial charge in [-0.25, -0.2) is 9.97 Å². The summed E-state index contributed by atoms with van der Waals surface area (Å²) in [5, 5.41) is 0. The number of anilines is 2. The summed E-state index contributed by atoms with van der Waals surface area (Å²) in [5.74, 6) is 1.09. The maximum absolute atomic E-state index is 12.6. The number of benzene rings is 1. The zero-order valence-corrected chi connectivity index (χ0v) is 19.8. The van der Waals surface area contributed by atoms with Crippen LogP contribution in [0.25, 0.3) is 11.3 Å². The third-order valence-corrected chi connectivity index (χ3v) is 6.76. The molecule has 0 radical (unpaired) electrons. The minimum absolute atomic E-state index is 0.0123. The molecule has 2 aromatic rings. The number of aromatic nitrogens is 2. The van der Waals surface area contributed by atoms with Gasteiger partial charge in [0.05, 0.1) is 24.1 Å². The second kappa shape index (κ2) is 9.22. The van der Waals surface area contributed by atoms with Crippen LogP contribution in [-0.4, -0.2) is 48.7 Å². The van der Waals surface area contributed by atoms with E-state index in [0.29, 0.717) is 18.0 Å². The van der Waals surface area contributed by atoms with Crippen molar-refractivity contribution in [1.82, 2.24) is 9.97 Å². The van der Waals surface area contributed by atoms with Crippen molar-refractivity contribution < 1.29 is 22.6 Å². The number of nitrogen functional groups attached to an aromatic ring is 1. The Morgan fingerprint density at radius 2 is 1.85 bits per heavy atom. The fraction of sp³-hybridized carbons (Fsp3) is 0.583. The third-order valence-electron chi connectivity index (χ3n) is 6.76. The third kappa shape index (κ3) is 5.07. The van der Waals surface area contributed by atoms with Crippen LogP contribution >= 0.6 is 0 Å². The number of likely N-dealkylation sites (N-methyl/N-ethyl adjacent to an activating group) is 1. The van der Waals surface area contributed by atoms with Gasteiger partial charge in [-0.05, 0) is 55.2 Å². The lowest BCUT2D eigenvalue weighted by Crippen LogP contribution is -2.34. The van der Waals surface area contributed by atoms with E-state index in [1.807, 2.05) is 12.1 Å². The van der Waals surface area contributed by atoms with Crippen LogP contribution in [0.15, 0.2) is 18.5 Å². The number of nitrogens with two attached hydrogens (primary N) is 2. The van der Waals surface area contributed by atoms with Gasteiger partial charge in [0, 0.05) is 30.8 Å². The number of alkyl halides is 3. The molecule has 0 bridgehead atoms. The highest BCUT2D eigenvalue weighted by atomic mass is 19.4. The molecule has 1 saturated carbocycles. The molecule has 0 amide bonds. The smallest absolute Gasteiger partial charge is 0.488 e. The first-order chi connectivity index (χ1) is 16.0. The zero-order chi connectivity index (χ0) is 24.7. The van der Waals surface area contributed by atoms with E-state index in [1.54, 1.807) is 11.9 Å². The molecule has 4 N–H and O–H groups in total. The van der Waals surface area contributed by atoms with Gasteiger partial charge in [-0.2, -0.15) is 0 Å². The zero-order valence-electron chi connectivity index (χ0n) is 19.8. The van der Waals surface area contributed by atoms with Crippen molar-refractivity contribution in [3.05, 3.63) is 29.6 Å². The second-order valence-corrected chi connectivity index (χ2v) is 9.85. The number of halogens is 3. The SMILES string of the molecule is CN(CCOC(F)(F)F)c1c(O[C@H]2CC[C@H](N)CC2)ccc2c1CC(C)(C)c1c(N)ncnc1-2. The highest BCUT2D eigenvalue weighted by Gasteiger charge is 2.37. The number of ether oxygens (including phenoxy) is 2. The monoisotopic (exact) mass is 479 g/mol. The number of fused-ring (bicyclic) bond motifs is 3. The Bertz CT molecular complexity index is 1040. The molecule has 34 heavy (non-hydrogen) atoms. The standard InChI is InChI=1S/C24H32F3N5O2/c1-23(2)12-17-16(20-19(23)22(29)31-13-30-20)8-9-18(34-15-6-4-14(28)5-7-15)21(17)32(3)10-11-33-24(25,26)27/h8-9,13-15H,4-7,10-12,28H2,1-3H3,(H2,29,30,31)/t14-,15-. The Morgan fingerprint density at radius 1 is 1.15 bits per heavy atom. The van der Waals surface area contributed by atoms with Crippen molar-refractivity contribution in [2.24, 2.45) is 5.73 Å². The first-order valence-corrected chi connectivity index (χ1v) is 11.6. The topological polar surface area (TPSA) is 99.5 Å². The summed E-state index contributed by atoms with van der Waals surface area (Å²) in [6, 6.07) is 4.03. The Kier molecular flexibility index (Phi) is 6.65. The van der Waals surface area contributed by atoms with Crippen molar-refractivity contribution in [3.63, 3.8) is 0 Å². The summed E-state index contributed by atoms with van der Waals surface area (Å²) in [6.07, 6.45) is 0.848. The summed E-state index contributed by atoms with van der Waals surface area (Å²) < 4.78 is 48.3. The van der Waals surface area contributed by atoms with Gasteiger partial charge in [0.15, 0.2) is 0 Å². The van der Waals surface area contributed by atoms with Gasteiger partial charge in [-0.3, -0.25) is 4.74 Å². The van der Waals surface area contributed by atoms with Gasteiger partial charge in [-0.1, -0.05) is 13.8 Å². The van der Waals surface area contributed by atoms with Gasteiger partial charge in [-0.15, -0.1) is 13.2 Å². The highest BCUT2D eigenvalue weighted by molar-refractivity contribution is 5.83. The molecule has 1 heterocycles. The van der Waals surface area contributed by atoms with E-state index < -0.39 is 13.0 Å². The van der Waals surface area contributed by atoms with E-state index in [9.17, 15) is 13.2 Å². The van der Waals surface area contributed by atoms with Crippen LogP contribution in [0.1, 0.15) is 50.7 Å². The van der Waals surface area contributed by atoms with Crippen molar-refractivity contribution >= 4 is 11.5 Å². The predicted octanol–water partition coefficient (Wildman–Crippen LogP) is 4.18. The van der Waals surface area contributed by atoms with Gasteiger partial charge >= 0.3 is 6.36 Å². The molecule has 186 valence electrons. The maximum atomic E-state index is 12.6. The second-order valence-electron chi connectivity index (χ2n) is 9.85. The van der Waals surface area contributed by atoms with Crippen LogP contribution in [0, 0.1) is 0 Å². The van der Waals surface area contributed by atoms with E-state index in [2.05, 4.69) is 28.6 Å². The Balaban J connectivity index is 1.75. The molecule has 0 spiro atoms. The molecular formula is C24H32F3N5O2. The molecule has 10 heteroatoms. The molecule has 0 unspecified atom stereocenters. The summed E-state index contributed by atoms with van der Waals surface area (Å²) in [6.45, 7) is 3.69. The van der Waals surface area contributed by atoms with Crippen molar-refractivity contribution in [2.45, 2.75) is 69.9 Å². The average molecular weight is 480 g/mol. The summed E-state index contributed by atoms with van der Waals surface area (Å²) in [4.78, 5) is 10.5. The van der Waals surface area contributed by atoms with Crippen LogP contribution in [-0.2, 0) is 16.6 Å². The largest absolute Gasteiger partial charge is 0.522 e. The number of rotatable bonds is 6. The lowest BCUT2D eigenvalue weighted by Gasteiger charge is -2.37. The number of hydrogen-bond acceptors (Lipinski definition) is 7. The minimum atomic E-state index is -4.67. The molecule has 0 atom stereocenters. The molecule has 1 aromatic carbocycles. The van der Waals surface area contributed by atoms with Crippen LogP contribution < -0.4 is 21.1 Å². The van der Waals surface area contributed by atoms with Gasteiger partial charge in [0.2, 0.25) is 0 Å². The lowest BCUT2D eigenvalue weighted by molar-refractivity contribution is -0.323. The molecule has 0 saturated heterocycles. The fourth-order valence-electron chi connectivity index (χ4n) is 5.13. The van der Waals surface area contributed by atoms with Crippen LogP contribution in [0.3, 0.4) is 0 Å². The van der Waals surface area contributed by atoms with E-state index in [0.717, 1.165) is 53.8 Å². The molecule has 0 aliphatic heterocycles. The average Bonchev–Trinajstić information content (AvgIpc) is 2.73. The Labute approximate surface area is 197 Å². The van der Waals surface area contributed by atoms with E-state index in [1.165, 1.54) is 6.33 Å². The van der Waals surface area contributed by atoms with Crippen molar-refractivity contribution in [1.29, 1.82) is 0 Å². The van der Waals surface area contributed by atoms with Crippen LogP contribution in [0.2, 0.25) is 0 Å². The quantitative estimate of drug-likeness (QED) is 0.641. The maximum Gasteiger partial charge on any atom is 0.522 e. The predicted molar refractivity (Wildman–Crippen MR) is 125 cm³/mol. The molecule has 4 rings (SSSR count). The molecular weight excluding hydrogens is 447 g/mol. The van der Waals surface area contributed by atoms with Crippen molar-refractivity contribution in [3.8, 4) is 17.0 Å². The summed E-state index contributed by atoms with van der Waals surface area (Å²) >= 11 is 0. The van der Waals surface area contributed by atoms with E-state index in [4.69, 9.17) is 16.2 Å². The number of nitrogens with zero attached hydrogens (tertiary/aromatic N) is 3. The number of hydrogen-bond donors (Lipinski definition) is 2. The van der Waals surface area contributed by atoms with Crippen molar-refractivity contribution in [2.75, 3.05) is 30.8 Å². The van der Waals surface area contributed by atoms with Gasteiger partial charge < -0.3 is 21.1 Å². The van der Waals surface area contributed by atoms with Gasteiger partial charge in [0.25, 0.3) is 0 Å². The molecule has 2 aliphatic carbocycles. The first-order valence-electron chi connectivity index (χ1n) is 11.6. The first kappa shape index (κ1) is 24.5. The lowest BCUT2D eigenvalue weighted by atomic mass is 9.71. The molecule has 2 aliphatic rings. The molecule has 7 nitrogen and oxygen atoms in total.